The van der Waals surface area contributed by atoms with E-state index < -0.39 is 0 Å². The molecule has 0 atom stereocenters. The molecule has 0 bridgehead atoms. The van der Waals surface area contributed by atoms with Crippen molar-refractivity contribution in [3.63, 3.8) is 0 Å². The quantitative estimate of drug-likeness (QED) is 0.499. The Hall–Kier alpha value is -0.900. The molecule has 1 aromatic heterocycles. The van der Waals surface area contributed by atoms with Gasteiger partial charge in [0, 0.05) is 26.0 Å². The van der Waals surface area contributed by atoms with Gasteiger partial charge in [0.1, 0.15) is 0 Å². The molecule has 0 aliphatic heterocycles. The van der Waals surface area contributed by atoms with Crippen LogP contribution >= 0.6 is 0 Å². The molecule has 16 heavy (non-hydrogen) atoms. The Kier molecular flexibility index (Phi) is 6.26. The maximum atomic E-state index is 11.4. The molecule has 3 nitrogen and oxygen atoms in total. The van der Waals surface area contributed by atoms with Crippen molar-refractivity contribution in [1.29, 1.82) is 0 Å². The average Bonchev–Trinajstić information content (AvgIpc) is 2.11. The summed E-state index contributed by atoms with van der Waals surface area (Å²) < 4.78 is 6.89. The van der Waals surface area contributed by atoms with E-state index in [1.807, 2.05) is 25.3 Å². The third-order valence-electron chi connectivity index (χ3n) is 2.32. The van der Waals surface area contributed by atoms with Crippen LogP contribution in [0.3, 0.4) is 0 Å². The number of hydrogen-bond donors (Lipinski definition) is 0. The van der Waals surface area contributed by atoms with E-state index in [0.717, 1.165) is 11.4 Å². The smallest absolute Gasteiger partial charge is 0.372 e. The van der Waals surface area contributed by atoms with Crippen molar-refractivity contribution >= 4 is 5.97 Å². The second kappa shape index (κ2) is 6.63. The number of aryl methyl sites for hydroxylation is 3. The van der Waals surface area contributed by atoms with Crippen LogP contribution in [0.25, 0.3) is 0 Å². The summed E-state index contributed by atoms with van der Waals surface area (Å²) >= 11 is 0. The minimum absolute atomic E-state index is 0. The Morgan fingerprint density at radius 2 is 1.75 bits per heavy atom. The van der Waals surface area contributed by atoms with Gasteiger partial charge in [0.15, 0.2) is 11.4 Å². The molecule has 0 saturated carbocycles. The number of carbonyl (C=O) groups excluding carboxylic acids is 1. The van der Waals surface area contributed by atoms with Gasteiger partial charge in [-0.15, -0.1) is 0 Å². The van der Waals surface area contributed by atoms with E-state index in [1.165, 1.54) is 5.56 Å². The second-order valence-electron chi connectivity index (χ2n) is 3.71. The molecule has 0 unspecified atom stereocenters. The Labute approximate surface area is 107 Å². The molecule has 4 heteroatoms. The van der Waals surface area contributed by atoms with Gasteiger partial charge >= 0.3 is 5.97 Å². The van der Waals surface area contributed by atoms with Gasteiger partial charge < -0.3 is 21.7 Å². The van der Waals surface area contributed by atoms with Gasteiger partial charge in [-0.05, 0) is 19.4 Å². The zero-order valence-corrected chi connectivity index (χ0v) is 11.8. The minimum atomic E-state index is -0.183. The van der Waals surface area contributed by atoms with Crippen LogP contribution in [0, 0.1) is 20.8 Å². The second-order valence-corrected chi connectivity index (χ2v) is 3.71. The normalized spacial score (nSPS) is 9.50. The number of rotatable bonds is 3. The van der Waals surface area contributed by atoms with Gasteiger partial charge in [0.2, 0.25) is 6.54 Å². The third-order valence-corrected chi connectivity index (χ3v) is 2.32. The average molecular weight is 288 g/mol. The summed E-state index contributed by atoms with van der Waals surface area (Å²) in [5, 5.41) is 0. The number of ether oxygens (including phenoxy) is 1. The first-order valence-electron chi connectivity index (χ1n) is 5.18. The topological polar surface area (TPSA) is 30.2 Å². The van der Waals surface area contributed by atoms with Crippen molar-refractivity contribution in [3.8, 4) is 0 Å². The number of nitrogens with zero attached hydrogens (tertiary/aromatic N) is 1. The zero-order valence-electron chi connectivity index (χ0n) is 10.2. The van der Waals surface area contributed by atoms with E-state index in [1.54, 1.807) is 0 Å². The molecule has 0 saturated heterocycles. The van der Waals surface area contributed by atoms with E-state index in [-0.39, 0.29) is 23.0 Å². The molecule has 0 aromatic carbocycles. The van der Waals surface area contributed by atoms with Crippen LogP contribution in [0.2, 0.25) is 0 Å². The van der Waals surface area contributed by atoms with E-state index in [2.05, 4.69) is 19.1 Å². The molecule has 1 aromatic rings. The van der Waals surface area contributed by atoms with E-state index in [4.69, 9.17) is 4.74 Å². The molecule has 0 aliphatic carbocycles. The molecule has 1 rings (SSSR count). The maximum Gasteiger partial charge on any atom is 0.372 e. The highest BCUT2D eigenvalue weighted by molar-refractivity contribution is 5.67. The Bertz CT molecular complexity index is 354. The first-order valence-corrected chi connectivity index (χ1v) is 5.18. The fourth-order valence-corrected chi connectivity index (χ4v) is 1.72. The summed E-state index contributed by atoms with van der Waals surface area (Å²) in [4.78, 5) is 11.4. The monoisotopic (exact) mass is 287 g/mol. The first-order chi connectivity index (χ1) is 7.04. The van der Waals surface area contributed by atoms with E-state index >= 15 is 0 Å². The van der Waals surface area contributed by atoms with Gasteiger partial charge in [0.25, 0.3) is 0 Å². The zero-order chi connectivity index (χ0) is 11.4. The van der Waals surface area contributed by atoms with Crippen LogP contribution in [-0.4, -0.2) is 12.6 Å². The van der Waals surface area contributed by atoms with Gasteiger partial charge in [0.05, 0.1) is 6.61 Å². The Balaban J connectivity index is 0.00000225. The largest absolute Gasteiger partial charge is 1.00 e. The van der Waals surface area contributed by atoms with Gasteiger partial charge in [-0.2, -0.15) is 4.57 Å². The van der Waals surface area contributed by atoms with Crippen molar-refractivity contribution < 1.29 is 31.1 Å². The summed E-state index contributed by atoms with van der Waals surface area (Å²) in [5.74, 6) is -0.183. The maximum absolute atomic E-state index is 11.4. The molecule has 90 valence electrons. The molecular weight excluding hydrogens is 270 g/mol. The number of pyridine rings is 1. The number of carbonyl (C=O) groups is 1. The van der Waals surface area contributed by atoms with E-state index in [0.29, 0.717) is 13.2 Å². The van der Waals surface area contributed by atoms with Crippen LogP contribution < -0.4 is 21.5 Å². The summed E-state index contributed by atoms with van der Waals surface area (Å²) in [6, 6.07) is 4.12. The van der Waals surface area contributed by atoms with Crippen LogP contribution in [0.1, 0.15) is 23.9 Å². The number of halogens is 1. The molecule has 0 amide bonds. The summed E-state index contributed by atoms with van der Waals surface area (Å²) in [6.07, 6.45) is 0. The van der Waals surface area contributed by atoms with Crippen molar-refractivity contribution in [2.45, 2.75) is 34.2 Å². The Morgan fingerprint density at radius 3 is 2.19 bits per heavy atom. The van der Waals surface area contributed by atoms with Gasteiger partial charge in [-0.25, -0.2) is 4.79 Å². The van der Waals surface area contributed by atoms with E-state index in [9.17, 15) is 4.79 Å². The lowest BCUT2D eigenvalue weighted by Gasteiger charge is -2.04. The minimum Gasteiger partial charge on any atom is -1.00 e. The fourth-order valence-electron chi connectivity index (χ4n) is 1.72. The summed E-state index contributed by atoms with van der Waals surface area (Å²) in [6.45, 7) is 8.60. The SMILES string of the molecule is CCOC(=O)C[n+]1c(C)cc(C)cc1C.[Br-]. The van der Waals surface area contributed by atoms with Crippen LogP contribution in [0.5, 0.6) is 0 Å². The summed E-state index contributed by atoms with van der Waals surface area (Å²) in [5.41, 5.74) is 3.38. The number of hydrogen-bond acceptors (Lipinski definition) is 2. The predicted octanol–water partition coefficient (Wildman–Crippen LogP) is -1.53. The van der Waals surface area contributed by atoms with Crippen molar-refractivity contribution in [2.24, 2.45) is 0 Å². The van der Waals surface area contributed by atoms with Crippen molar-refractivity contribution in [3.05, 3.63) is 29.1 Å². The van der Waals surface area contributed by atoms with Crippen molar-refractivity contribution in [1.82, 2.24) is 0 Å². The van der Waals surface area contributed by atoms with Gasteiger partial charge in [-0.1, -0.05) is 0 Å². The fraction of sp³-hybridized carbons (Fsp3) is 0.500. The highest BCUT2D eigenvalue weighted by Crippen LogP contribution is 2.01. The first kappa shape index (κ1) is 15.1. The number of aromatic nitrogens is 1. The number of esters is 1. The Morgan fingerprint density at radius 1 is 1.25 bits per heavy atom. The van der Waals surface area contributed by atoms with Crippen LogP contribution in [0.4, 0.5) is 0 Å². The molecule has 0 spiro atoms. The van der Waals surface area contributed by atoms with Crippen LogP contribution in [0.15, 0.2) is 12.1 Å². The predicted molar refractivity (Wildman–Crippen MR) is 57.5 cm³/mol. The molecule has 1 heterocycles. The lowest BCUT2D eigenvalue weighted by Crippen LogP contribution is -3.00. The van der Waals surface area contributed by atoms with Gasteiger partial charge in [-0.3, -0.25) is 0 Å². The van der Waals surface area contributed by atoms with Crippen molar-refractivity contribution in [2.75, 3.05) is 6.61 Å². The molecule has 0 aliphatic rings. The highest BCUT2D eigenvalue weighted by Gasteiger charge is 2.16. The lowest BCUT2D eigenvalue weighted by molar-refractivity contribution is -0.697. The standard InChI is InChI=1S/C12H18NO2.BrH/c1-5-15-12(14)8-13-10(3)6-9(2)7-11(13)4;/h6-7H,5,8H2,1-4H3;1H/q+1;/p-1. The molecule has 0 radical (unpaired) electrons. The molecule has 0 N–H and O–H groups in total. The molecule has 0 fully saturated rings. The summed E-state index contributed by atoms with van der Waals surface area (Å²) in [7, 11) is 0. The highest BCUT2D eigenvalue weighted by atomic mass is 79.9. The van der Waals surface area contributed by atoms with Crippen LogP contribution in [-0.2, 0) is 16.1 Å². The molecular formula is C12H18BrNO2. The lowest BCUT2D eigenvalue weighted by atomic mass is 10.2. The third kappa shape index (κ3) is 3.93.